The molecular weight excluding hydrogens is 1060 g/mol. The molecule has 0 radical (unpaired) electrons. The Morgan fingerprint density at radius 1 is 0.646 bits per heavy atom. The summed E-state index contributed by atoms with van der Waals surface area (Å²) in [5, 5.41) is 19.5. The number of carbonyl (C=O) groups excluding carboxylic acids is 4. The Morgan fingerprint density at radius 3 is 1.68 bits per heavy atom. The average molecular weight is 1140 g/mol. The molecule has 7 N–H and O–H groups in total. The van der Waals surface area contributed by atoms with Gasteiger partial charge in [0.2, 0.25) is 0 Å². The highest BCUT2D eigenvalue weighted by Crippen LogP contribution is 2.40. The molecular formula is C59H80ClFN10O6S2. The molecule has 0 atom stereocenters. The van der Waals surface area contributed by atoms with Crippen LogP contribution in [-0.4, -0.2) is 102 Å². The smallest absolute Gasteiger partial charge is 0.412 e. The molecule has 6 aromatic rings. The zero-order valence-electron chi connectivity index (χ0n) is 43.8. The number of aromatic nitrogens is 2. The van der Waals surface area contributed by atoms with Gasteiger partial charge < -0.3 is 46.3 Å². The first kappa shape index (κ1) is 64.9. The second-order valence-corrected chi connectivity index (χ2v) is 23.8. The van der Waals surface area contributed by atoms with Crippen LogP contribution < -0.4 is 37.2 Å². The van der Waals surface area contributed by atoms with Crippen LogP contribution in [0, 0.1) is 10.8 Å². The molecule has 428 valence electrons. The molecule has 0 unspecified atom stereocenters. The lowest BCUT2D eigenvalue weighted by molar-refractivity contribution is -0.0457. The predicted molar refractivity (Wildman–Crippen MR) is 325 cm³/mol. The monoisotopic (exact) mass is 1140 g/mol. The van der Waals surface area contributed by atoms with Crippen LogP contribution in [0.2, 0.25) is 5.15 Å². The van der Waals surface area contributed by atoms with Crippen LogP contribution in [-0.2, 0) is 9.47 Å². The number of pyridine rings is 2. The second kappa shape index (κ2) is 28.0. The van der Waals surface area contributed by atoms with Crippen LogP contribution in [0.1, 0.15) is 110 Å². The number of nitrogen functional groups attached to an aromatic ring is 1. The van der Waals surface area contributed by atoms with E-state index in [9.17, 15) is 19.2 Å². The minimum atomic E-state index is -0.640. The van der Waals surface area contributed by atoms with Crippen LogP contribution in [0.25, 0.3) is 20.9 Å². The van der Waals surface area contributed by atoms with Crippen LogP contribution >= 0.6 is 34.3 Å². The lowest BCUT2D eigenvalue weighted by atomic mass is 9.73. The topological polar surface area (TPSA) is 205 Å². The van der Waals surface area contributed by atoms with Crippen LogP contribution in [0.5, 0.6) is 0 Å². The van der Waals surface area contributed by atoms with Crippen LogP contribution in [0.3, 0.4) is 0 Å². The van der Waals surface area contributed by atoms with Crippen LogP contribution in [0.15, 0.2) is 108 Å². The molecule has 2 spiro atoms. The Kier molecular flexibility index (Phi) is 23.0. The van der Waals surface area contributed by atoms with Gasteiger partial charge in [-0.15, -0.1) is 22.7 Å². The number of hydrogen-bond donors (Lipinski definition) is 6. The highest BCUT2D eigenvalue weighted by atomic mass is 35.5. The van der Waals surface area contributed by atoms with E-state index in [0.717, 1.165) is 79.1 Å². The number of anilines is 5. The molecule has 4 aliphatic heterocycles. The summed E-state index contributed by atoms with van der Waals surface area (Å²) < 4.78 is 10.7. The van der Waals surface area contributed by atoms with Crippen molar-refractivity contribution in [3.63, 3.8) is 0 Å². The molecule has 4 aromatic heterocycles. The van der Waals surface area contributed by atoms with Gasteiger partial charge in [-0.3, -0.25) is 19.6 Å². The van der Waals surface area contributed by atoms with Gasteiger partial charge in [0.1, 0.15) is 22.2 Å². The summed E-state index contributed by atoms with van der Waals surface area (Å²) in [4.78, 5) is 64.2. The maximum absolute atomic E-state index is 12.8. The molecule has 8 heterocycles. The van der Waals surface area contributed by atoms with E-state index in [1.54, 1.807) is 73.9 Å². The number of likely N-dealkylation sites (tertiary alicyclic amines) is 1. The Morgan fingerprint density at radius 2 is 1.19 bits per heavy atom. The van der Waals surface area contributed by atoms with Crippen molar-refractivity contribution in [1.29, 1.82) is 0 Å². The third-order valence-corrected chi connectivity index (χ3v) is 15.4. The largest absolute Gasteiger partial charge is 0.444 e. The SMILES string of the molecule is C.C.C.CC(C)(C)OC(=O)N1CC2(CCNCC2)C1.CC(C)(C)OC(=O)Nc1ccc(-c2cccs2)cc1NC(=O)c1ccc(Cl)nc1.F.Nc1ccc(-c2cccs2)cc1NC(=O)c1ccc(N2CCC3(CC2)CNC3)nc1. The maximum Gasteiger partial charge on any atom is 0.412 e. The zero-order chi connectivity index (χ0) is 53.4. The number of thiophene rings is 2. The lowest BCUT2D eigenvalue weighted by Gasteiger charge is -2.52. The Bertz CT molecular complexity index is 2900. The third-order valence-electron chi connectivity index (χ3n) is 13.3. The molecule has 2 aromatic carbocycles. The summed E-state index contributed by atoms with van der Waals surface area (Å²) in [5.41, 5.74) is 10.8. The molecule has 20 heteroatoms. The molecule has 79 heavy (non-hydrogen) atoms. The van der Waals surface area contributed by atoms with Crippen molar-refractivity contribution in [3.8, 4) is 20.9 Å². The summed E-state index contributed by atoms with van der Waals surface area (Å²) in [6.45, 7) is 19.3. The normalized spacial score (nSPS) is 15.6. The van der Waals surface area contributed by atoms with Gasteiger partial charge >= 0.3 is 12.2 Å². The van der Waals surface area contributed by atoms with E-state index in [1.165, 1.54) is 31.9 Å². The Labute approximate surface area is 479 Å². The fraction of sp³-hybridized carbons (Fsp3) is 0.424. The average Bonchev–Trinajstić information content (AvgIpc) is 4.13. The fourth-order valence-corrected chi connectivity index (χ4v) is 10.7. The van der Waals surface area contributed by atoms with Gasteiger partial charge in [-0.2, -0.15) is 0 Å². The van der Waals surface area contributed by atoms with E-state index < -0.39 is 11.7 Å². The van der Waals surface area contributed by atoms with Gasteiger partial charge in [0, 0.05) is 66.8 Å². The van der Waals surface area contributed by atoms with Gasteiger partial charge in [-0.1, -0.05) is 58.1 Å². The van der Waals surface area contributed by atoms with Crippen molar-refractivity contribution in [2.24, 2.45) is 10.8 Å². The van der Waals surface area contributed by atoms with E-state index in [0.29, 0.717) is 49.9 Å². The van der Waals surface area contributed by atoms with Gasteiger partial charge in [0.25, 0.3) is 11.8 Å². The highest BCUT2D eigenvalue weighted by molar-refractivity contribution is 7.13. The van der Waals surface area contributed by atoms with Crippen molar-refractivity contribution in [1.82, 2.24) is 25.5 Å². The van der Waals surface area contributed by atoms with E-state index in [-0.39, 0.29) is 50.5 Å². The number of halogens is 2. The van der Waals surface area contributed by atoms with Gasteiger partial charge in [0.05, 0.1) is 33.9 Å². The molecule has 0 bridgehead atoms. The molecule has 4 saturated heterocycles. The highest BCUT2D eigenvalue weighted by Gasteiger charge is 2.46. The van der Waals surface area contributed by atoms with Crippen molar-refractivity contribution in [3.05, 3.63) is 124 Å². The minimum absolute atomic E-state index is 0. The number of nitrogens with two attached hydrogens (primary N) is 1. The number of nitrogens with zero attached hydrogens (tertiary/aromatic N) is 4. The molecule has 4 aliphatic rings. The summed E-state index contributed by atoms with van der Waals surface area (Å²) >= 11 is 9.02. The number of hydrogen-bond acceptors (Lipinski definition) is 14. The second-order valence-electron chi connectivity index (χ2n) is 21.5. The first-order valence-corrected chi connectivity index (χ1v) is 27.3. The first-order chi connectivity index (χ1) is 35.7. The Balaban J connectivity index is 0.000000260. The van der Waals surface area contributed by atoms with Crippen LogP contribution in [0.4, 0.5) is 42.9 Å². The first-order valence-electron chi connectivity index (χ1n) is 25.2. The lowest BCUT2D eigenvalue weighted by Crippen LogP contribution is -2.62. The number of carbonyl (C=O) groups is 4. The summed E-state index contributed by atoms with van der Waals surface area (Å²) in [6.07, 6.45) is 7.05. The van der Waals surface area contributed by atoms with Crippen molar-refractivity contribution in [2.75, 3.05) is 78.9 Å². The third kappa shape index (κ3) is 17.7. The summed E-state index contributed by atoms with van der Waals surface area (Å²) in [5.74, 6) is 0.361. The van der Waals surface area contributed by atoms with E-state index >= 15 is 0 Å². The fourth-order valence-electron chi connectivity index (χ4n) is 9.17. The molecule has 0 aliphatic carbocycles. The standard InChI is InChI=1S/C23H25N5OS.C21H20ClN3O3S.C12H22N2O2.3CH4.FH/c24-18-5-3-16(20-2-1-11-30-20)12-19(18)27-22(29)17-4-6-21(26-13-17)28-9-7-23(8-10-28)14-25-15-23;1-21(2,3)28-20(27)25-15-8-6-13(17-5-4-10-29-17)11-16(15)24-19(26)14-7-9-18(22)23-12-14;1-11(2,3)16-10(15)14-8-12(9-14)4-6-13-7-5-12;;;;/h1-6,11-13,25H,7-10,14-15,24H2,(H,27,29);4-12H,1-3H3,(H,24,26)(H,25,27);13H,4-9H2,1-3H3;3*1H4;1H. The molecule has 4 fully saturated rings. The summed E-state index contributed by atoms with van der Waals surface area (Å²) in [7, 11) is 0. The van der Waals surface area contributed by atoms with Gasteiger partial charge in [-0.05, 0) is 168 Å². The Hall–Kier alpha value is -6.64. The minimum Gasteiger partial charge on any atom is -0.444 e. The van der Waals surface area contributed by atoms with E-state index in [1.807, 2.05) is 97.1 Å². The number of ether oxygens (including phenoxy) is 2. The molecule has 10 rings (SSSR count). The molecule has 16 nitrogen and oxygen atoms in total. The number of piperidine rings is 2. The molecule has 0 saturated carbocycles. The summed E-state index contributed by atoms with van der Waals surface area (Å²) in [6, 6.07) is 26.0. The number of rotatable bonds is 8. The molecule has 4 amide bonds. The van der Waals surface area contributed by atoms with Crippen molar-refractivity contribution >= 4 is 86.8 Å². The van der Waals surface area contributed by atoms with Gasteiger partial charge in [-0.25, -0.2) is 19.6 Å². The van der Waals surface area contributed by atoms with Crippen molar-refractivity contribution in [2.45, 2.75) is 101 Å². The zero-order valence-corrected chi connectivity index (χ0v) is 46.2. The quantitative estimate of drug-likeness (QED) is 0.0622. The van der Waals surface area contributed by atoms with Gasteiger partial charge in [0.15, 0.2) is 0 Å². The van der Waals surface area contributed by atoms with Crippen molar-refractivity contribution < 1.29 is 33.4 Å². The predicted octanol–water partition coefficient (Wildman–Crippen LogP) is 13.6. The number of amides is 4. The number of nitrogens with one attached hydrogen (secondary N) is 5. The van der Waals surface area contributed by atoms with E-state index in [2.05, 4.69) is 41.5 Å². The number of benzene rings is 2. The maximum atomic E-state index is 12.8. The van der Waals surface area contributed by atoms with E-state index in [4.69, 9.17) is 26.8 Å².